The van der Waals surface area contributed by atoms with Crippen molar-refractivity contribution in [3.05, 3.63) is 63.0 Å². The predicted molar refractivity (Wildman–Crippen MR) is 109 cm³/mol. The SMILES string of the molecule is Cc1cc(C)cc(Oc2c(C)oc3c(CN4CCCC4)c(O)ccc3c2=O)c1. The van der Waals surface area contributed by atoms with Crippen molar-refractivity contribution in [3.8, 4) is 17.2 Å². The molecule has 0 spiro atoms. The highest BCUT2D eigenvalue weighted by molar-refractivity contribution is 5.83. The number of benzene rings is 2. The zero-order valence-corrected chi connectivity index (χ0v) is 16.5. The van der Waals surface area contributed by atoms with E-state index in [-0.39, 0.29) is 16.9 Å². The van der Waals surface area contributed by atoms with E-state index < -0.39 is 0 Å². The molecule has 28 heavy (non-hydrogen) atoms. The van der Waals surface area contributed by atoms with Gasteiger partial charge in [0.15, 0.2) is 0 Å². The van der Waals surface area contributed by atoms with Crippen LogP contribution in [0.4, 0.5) is 0 Å². The third-order valence-electron chi connectivity index (χ3n) is 5.26. The highest BCUT2D eigenvalue weighted by Crippen LogP contribution is 2.32. The van der Waals surface area contributed by atoms with Crippen LogP contribution in [-0.4, -0.2) is 23.1 Å². The van der Waals surface area contributed by atoms with Crippen LogP contribution in [0.25, 0.3) is 11.0 Å². The van der Waals surface area contributed by atoms with E-state index in [2.05, 4.69) is 11.0 Å². The van der Waals surface area contributed by atoms with Crippen molar-refractivity contribution < 1.29 is 14.3 Å². The number of phenols is 1. The lowest BCUT2D eigenvalue weighted by molar-refractivity contribution is 0.323. The summed E-state index contributed by atoms with van der Waals surface area (Å²) in [5, 5.41) is 10.8. The molecular formula is C23H25NO4. The van der Waals surface area contributed by atoms with E-state index in [1.54, 1.807) is 19.1 Å². The molecule has 5 nitrogen and oxygen atoms in total. The van der Waals surface area contributed by atoms with Gasteiger partial charge in [-0.1, -0.05) is 6.07 Å². The smallest absolute Gasteiger partial charge is 0.235 e. The Labute approximate surface area is 164 Å². The van der Waals surface area contributed by atoms with Gasteiger partial charge in [0, 0.05) is 6.54 Å². The van der Waals surface area contributed by atoms with Crippen LogP contribution < -0.4 is 10.2 Å². The number of phenolic OH excluding ortho intramolecular Hbond substituents is 1. The standard InChI is InChI=1S/C23H25NO4/c1-14-10-15(2)12-17(11-14)28-22-16(3)27-23-18(21(22)26)6-7-20(25)19(23)13-24-8-4-5-9-24/h6-7,10-12,25H,4-5,8-9,13H2,1-3H3. The van der Waals surface area contributed by atoms with Gasteiger partial charge in [-0.05, 0) is 82.1 Å². The van der Waals surface area contributed by atoms with E-state index in [0.29, 0.717) is 34.6 Å². The largest absolute Gasteiger partial charge is 0.507 e. The molecule has 1 aromatic heterocycles. The molecule has 146 valence electrons. The maximum absolute atomic E-state index is 13.1. The van der Waals surface area contributed by atoms with Crippen LogP contribution in [0, 0.1) is 20.8 Å². The molecule has 0 amide bonds. The molecular weight excluding hydrogens is 354 g/mol. The summed E-state index contributed by atoms with van der Waals surface area (Å²) in [6.07, 6.45) is 2.31. The molecule has 1 aliphatic heterocycles. The molecule has 1 fully saturated rings. The van der Waals surface area contributed by atoms with Gasteiger partial charge in [0.05, 0.1) is 10.9 Å². The van der Waals surface area contributed by atoms with Crippen LogP contribution in [0.15, 0.2) is 39.5 Å². The van der Waals surface area contributed by atoms with Gasteiger partial charge < -0.3 is 14.3 Å². The molecule has 1 aliphatic rings. The minimum absolute atomic E-state index is 0.157. The lowest BCUT2D eigenvalue weighted by Gasteiger charge is -2.17. The van der Waals surface area contributed by atoms with E-state index in [1.807, 2.05) is 26.0 Å². The normalized spacial score (nSPS) is 14.7. The first-order valence-corrected chi connectivity index (χ1v) is 9.69. The van der Waals surface area contributed by atoms with Crippen molar-refractivity contribution in [1.82, 2.24) is 4.90 Å². The van der Waals surface area contributed by atoms with Crippen LogP contribution in [0.5, 0.6) is 17.2 Å². The van der Waals surface area contributed by atoms with Crippen LogP contribution >= 0.6 is 0 Å². The summed E-state index contributed by atoms with van der Waals surface area (Å²) in [7, 11) is 0. The number of aryl methyl sites for hydroxylation is 3. The number of rotatable bonds is 4. The van der Waals surface area contributed by atoms with Crippen LogP contribution in [-0.2, 0) is 6.54 Å². The highest BCUT2D eigenvalue weighted by Gasteiger charge is 2.21. The molecule has 1 saturated heterocycles. The van der Waals surface area contributed by atoms with Crippen LogP contribution in [0.1, 0.15) is 35.3 Å². The number of aromatic hydroxyl groups is 1. The number of hydrogen-bond donors (Lipinski definition) is 1. The Bertz CT molecular complexity index is 1070. The third kappa shape index (κ3) is 3.50. The van der Waals surface area contributed by atoms with E-state index >= 15 is 0 Å². The molecule has 5 heteroatoms. The van der Waals surface area contributed by atoms with Crippen molar-refractivity contribution in [2.75, 3.05) is 13.1 Å². The molecule has 0 saturated carbocycles. The Morgan fingerprint density at radius 3 is 2.43 bits per heavy atom. The van der Waals surface area contributed by atoms with Gasteiger partial charge in [-0.15, -0.1) is 0 Å². The Morgan fingerprint density at radius 2 is 1.75 bits per heavy atom. The average molecular weight is 379 g/mol. The molecule has 0 radical (unpaired) electrons. The van der Waals surface area contributed by atoms with Crippen LogP contribution in [0.2, 0.25) is 0 Å². The Kier molecular flexibility index (Phi) is 4.85. The maximum Gasteiger partial charge on any atom is 0.235 e. The zero-order chi connectivity index (χ0) is 19.8. The molecule has 2 aromatic carbocycles. The number of nitrogens with zero attached hydrogens (tertiary/aromatic N) is 1. The summed E-state index contributed by atoms with van der Waals surface area (Å²) in [6, 6.07) is 9.02. The minimum Gasteiger partial charge on any atom is -0.507 e. The average Bonchev–Trinajstić information content (AvgIpc) is 3.13. The fourth-order valence-electron chi connectivity index (χ4n) is 3.94. The molecule has 0 aliphatic carbocycles. The minimum atomic E-state index is -0.222. The molecule has 3 aromatic rings. The second kappa shape index (κ2) is 7.32. The highest BCUT2D eigenvalue weighted by atomic mass is 16.5. The summed E-state index contributed by atoms with van der Waals surface area (Å²) in [5.41, 5.74) is 3.02. The lowest BCUT2D eigenvalue weighted by Crippen LogP contribution is -2.19. The number of likely N-dealkylation sites (tertiary alicyclic amines) is 1. The number of fused-ring (bicyclic) bond motifs is 1. The van der Waals surface area contributed by atoms with Gasteiger partial charge >= 0.3 is 0 Å². The van der Waals surface area contributed by atoms with Crippen LogP contribution in [0.3, 0.4) is 0 Å². The van der Waals surface area contributed by atoms with Gasteiger partial charge in [-0.3, -0.25) is 9.69 Å². The first kappa shape index (κ1) is 18.6. The first-order chi connectivity index (χ1) is 13.4. The quantitative estimate of drug-likeness (QED) is 0.705. The Balaban J connectivity index is 1.79. The van der Waals surface area contributed by atoms with Crippen molar-refractivity contribution in [3.63, 3.8) is 0 Å². The number of ether oxygens (including phenoxy) is 1. The molecule has 0 atom stereocenters. The van der Waals surface area contributed by atoms with Crippen molar-refractivity contribution in [2.45, 2.75) is 40.2 Å². The van der Waals surface area contributed by atoms with Gasteiger partial charge in [0.2, 0.25) is 11.2 Å². The van der Waals surface area contributed by atoms with Crippen molar-refractivity contribution in [2.24, 2.45) is 0 Å². The van der Waals surface area contributed by atoms with Gasteiger partial charge in [-0.2, -0.15) is 0 Å². The number of hydrogen-bond acceptors (Lipinski definition) is 5. The summed E-state index contributed by atoms with van der Waals surface area (Å²) in [4.78, 5) is 15.4. The first-order valence-electron chi connectivity index (χ1n) is 9.69. The fraction of sp³-hybridized carbons (Fsp3) is 0.348. The van der Waals surface area contributed by atoms with E-state index in [0.717, 1.165) is 37.1 Å². The van der Waals surface area contributed by atoms with Crippen molar-refractivity contribution >= 4 is 11.0 Å². The van der Waals surface area contributed by atoms with E-state index in [4.69, 9.17) is 9.15 Å². The Hall–Kier alpha value is -2.79. The molecule has 4 rings (SSSR count). The van der Waals surface area contributed by atoms with Gasteiger partial charge in [0.25, 0.3) is 0 Å². The van der Waals surface area contributed by atoms with E-state index in [9.17, 15) is 9.90 Å². The summed E-state index contributed by atoms with van der Waals surface area (Å²) in [6.45, 7) is 8.26. The van der Waals surface area contributed by atoms with E-state index in [1.165, 1.54) is 0 Å². The summed E-state index contributed by atoms with van der Waals surface area (Å²) in [5.74, 6) is 1.37. The van der Waals surface area contributed by atoms with Crippen molar-refractivity contribution in [1.29, 1.82) is 0 Å². The summed E-state index contributed by atoms with van der Waals surface area (Å²) >= 11 is 0. The monoisotopic (exact) mass is 379 g/mol. The predicted octanol–water partition coefficient (Wildman–Crippen LogP) is 4.81. The second-order valence-corrected chi connectivity index (χ2v) is 7.67. The van der Waals surface area contributed by atoms with Gasteiger partial charge in [0.1, 0.15) is 22.8 Å². The maximum atomic E-state index is 13.1. The van der Waals surface area contributed by atoms with Gasteiger partial charge in [-0.25, -0.2) is 0 Å². The fourth-order valence-corrected chi connectivity index (χ4v) is 3.94. The topological polar surface area (TPSA) is 62.9 Å². The third-order valence-corrected chi connectivity index (χ3v) is 5.26. The molecule has 0 unspecified atom stereocenters. The zero-order valence-electron chi connectivity index (χ0n) is 16.5. The molecule has 0 bridgehead atoms. The summed E-state index contributed by atoms with van der Waals surface area (Å²) < 4.78 is 12.0. The molecule has 1 N–H and O–H groups in total. The lowest BCUT2D eigenvalue weighted by atomic mass is 10.1. The molecule has 2 heterocycles. The second-order valence-electron chi connectivity index (χ2n) is 7.67. The Morgan fingerprint density at radius 1 is 1.07 bits per heavy atom.